The smallest absolute Gasteiger partial charge is 0.185 e. The van der Waals surface area contributed by atoms with Crippen LogP contribution in [0.4, 0.5) is 0 Å². The molecule has 0 bridgehead atoms. The van der Waals surface area contributed by atoms with Gasteiger partial charge in [0.25, 0.3) is 0 Å². The maximum absolute atomic E-state index is 13.3. The van der Waals surface area contributed by atoms with Crippen LogP contribution in [-0.2, 0) is 4.79 Å². The van der Waals surface area contributed by atoms with Crippen molar-refractivity contribution in [3.05, 3.63) is 107 Å². The summed E-state index contributed by atoms with van der Waals surface area (Å²) in [5.41, 5.74) is 4.02. The van der Waals surface area contributed by atoms with E-state index in [1.807, 2.05) is 0 Å². The van der Waals surface area contributed by atoms with E-state index in [4.69, 9.17) is 0 Å². The van der Waals surface area contributed by atoms with Gasteiger partial charge in [0.05, 0.1) is 0 Å². The second-order valence-electron chi connectivity index (χ2n) is 8.25. The van der Waals surface area contributed by atoms with E-state index < -0.39 is 0 Å². The number of benzene rings is 4. The minimum absolute atomic E-state index is 0.190. The molecule has 4 aromatic rings. The van der Waals surface area contributed by atoms with Crippen LogP contribution in [0, 0.1) is 5.92 Å². The SMILES string of the molecule is C[C@@H]1CC/C(=C\c2ccc3ccccc3c2)C(=O)/C1=C/c1ccc2ccccc2c1. The molecule has 0 unspecified atom stereocenters. The zero-order valence-electron chi connectivity index (χ0n) is 17.1. The van der Waals surface area contributed by atoms with Crippen molar-refractivity contribution in [3.63, 3.8) is 0 Å². The summed E-state index contributed by atoms with van der Waals surface area (Å²) in [5, 5.41) is 4.85. The van der Waals surface area contributed by atoms with Gasteiger partial charge in [-0.05, 0) is 75.7 Å². The van der Waals surface area contributed by atoms with Crippen LogP contribution in [0.15, 0.2) is 96.1 Å². The Bertz CT molecular complexity index is 1320. The highest BCUT2D eigenvalue weighted by atomic mass is 16.1. The zero-order valence-corrected chi connectivity index (χ0v) is 17.1. The minimum atomic E-state index is 0.190. The number of Topliss-reactive ketones (excluding diaryl/α,β-unsaturated/α-hetero) is 1. The normalized spacial score (nSPS) is 19.8. The lowest BCUT2D eigenvalue weighted by molar-refractivity contribution is -0.113. The average Bonchev–Trinajstić information content (AvgIpc) is 2.78. The van der Waals surface area contributed by atoms with Gasteiger partial charge in [0.15, 0.2) is 5.78 Å². The summed E-state index contributed by atoms with van der Waals surface area (Å²) in [6, 6.07) is 29.5. The molecule has 0 spiro atoms. The van der Waals surface area contributed by atoms with E-state index in [0.717, 1.165) is 35.1 Å². The average molecular weight is 389 g/mol. The van der Waals surface area contributed by atoms with Crippen molar-refractivity contribution >= 4 is 39.5 Å². The number of carbonyl (C=O) groups excluding carboxylic acids is 1. The highest BCUT2D eigenvalue weighted by molar-refractivity contribution is 6.14. The topological polar surface area (TPSA) is 17.1 Å². The Morgan fingerprint density at radius 3 is 1.83 bits per heavy atom. The second kappa shape index (κ2) is 7.76. The van der Waals surface area contributed by atoms with Crippen molar-refractivity contribution in [1.29, 1.82) is 0 Å². The molecule has 0 radical (unpaired) electrons. The number of hydrogen-bond donors (Lipinski definition) is 0. The van der Waals surface area contributed by atoms with Gasteiger partial charge in [-0.1, -0.05) is 79.7 Å². The van der Waals surface area contributed by atoms with E-state index in [-0.39, 0.29) is 11.7 Å². The van der Waals surface area contributed by atoms with Crippen molar-refractivity contribution in [2.75, 3.05) is 0 Å². The van der Waals surface area contributed by atoms with Gasteiger partial charge in [-0.2, -0.15) is 0 Å². The fourth-order valence-electron chi connectivity index (χ4n) is 4.37. The van der Waals surface area contributed by atoms with E-state index in [1.54, 1.807) is 0 Å². The summed E-state index contributed by atoms with van der Waals surface area (Å²) in [6.45, 7) is 2.16. The van der Waals surface area contributed by atoms with Gasteiger partial charge < -0.3 is 0 Å². The van der Waals surface area contributed by atoms with Gasteiger partial charge in [-0.15, -0.1) is 0 Å². The maximum Gasteiger partial charge on any atom is 0.185 e. The number of hydrogen-bond acceptors (Lipinski definition) is 1. The predicted molar refractivity (Wildman–Crippen MR) is 127 cm³/mol. The van der Waals surface area contributed by atoms with Crippen LogP contribution >= 0.6 is 0 Å². The maximum atomic E-state index is 13.3. The molecular formula is C29H24O. The molecule has 1 atom stereocenters. The first-order valence-corrected chi connectivity index (χ1v) is 10.6. The number of carbonyl (C=O) groups is 1. The van der Waals surface area contributed by atoms with Crippen molar-refractivity contribution < 1.29 is 4.79 Å². The molecule has 0 aliphatic heterocycles. The Morgan fingerprint density at radius 2 is 1.23 bits per heavy atom. The van der Waals surface area contributed by atoms with Crippen LogP contribution in [0.2, 0.25) is 0 Å². The monoisotopic (exact) mass is 388 g/mol. The van der Waals surface area contributed by atoms with Crippen molar-refractivity contribution in [2.45, 2.75) is 19.8 Å². The zero-order chi connectivity index (χ0) is 20.5. The molecule has 1 aliphatic rings. The van der Waals surface area contributed by atoms with Crippen LogP contribution in [-0.4, -0.2) is 5.78 Å². The molecule has 30 heavy (non-hydrogen) atoms. The molecule has 1 aliphatic carbocycles. The van der Waals surface area contributed by atoms with Crippen LogP contribution in [0.1, 0.15) is 30.9 Å². The first-order chi connectivity index (χ1) is 14.7. The van der Waals surface area contributed by atoms with Gasteiger partial charge in [0.2, 0.25) is 0 Å². The molecule has 0 amide bonds. The lowest BCUT2D eigenvalue weighted by atomic mass is 9.80. The molecule has 1 nitrogen and oxygen atoms in total. The summed E-state index contributed by atoms with van der Waals surface area (Å²) in [4.78, 5) is 13.3. The minimum Gasteiger partial charge on any atom is -0.289 e. The van der Waals surface area contributed by atoms with Gasteiger partial charge in [0, 0.05) is 11.1 Å². The Hall–Kier alpha value is -3.45. The number of allylic oxidation sites excluding steroid dienone is 2. The predicted octanol–water partition coefficient (Wildman–Crippen LogP) is 7.46. The van der Waals surface area contributed by atoms with E-state index in [1.165, 1.54) is 21.5 Å². The molecule has 0 heterocycles. The summed E-state index contributed by atoms with van der Waals surface area (Å²) in [5.74, 6) is 0.466. The third-order valence-electron chi connectivity index (χ3n) is 6.14. The summed E-state index contributed by atoms with van der Waals surface area (Å²) < 4.78 is 0. The highest BCUT2D eigenvalue weighted by Crippen LogP contribution is 2.33. The van der Waals surface area contributed by atoms with Crippen LogP contribution in [0.3, 0.4) is 0 Å². The third-order valence-corrected chi connectivity index (χ3v) is 6.14. The first kappa shape index (κ1) is 18.6. The first-order valence-electron chi connectivity index (χ1n) is 10.6. The second-order valence-corrected chi connectivity index (χ2v) is 8.25. The van der Waals surface area contributed by atoms with E-state index >= 15 is 0 Å². The number of ketones is 1. The van der Waals surface area contributed by atoms with Gasteiger partial charge in [-0.3, -0.25) is 4.79 Å². The fourth-order valence-corrected chi connectivity index (χ4v) is 4.37. The fraction of sp³-hybridized carbons (Fsp3) is 0.138. The molecule has 1 fully saturated rings. The Kier molecular flexibility index (Phi) is 4.80. The quantitative estimate of drug-likeness (QED) is 0.326. The van der Waals surface area contributed by atoms with Crippen molar-refractivity contribution in [3.8, 4) is 0 Å². The van der Waals surface area contributed by atoms with Gasteiger partial charge in [0.1, 0.15) is 0 Å². The van der Waals surface area contributed by atoms with Crippen molar-refractivity contribution in [1.82, 2.24) is 0 Å². The van der Waals surface area contributed by atoms with E-state index in [0.29, 0.717) is 0 Å². The number of fused-ring (bicyclic) bond motifs is 2. The molecule has 0 saturated heterocycles. The summed E-state index contributed by atoms with van der Waals surface area (Å²) in [6.07, 6.45) is 6.01. The molecule has 4 aromatic carbocycles. The van der Waals surface area contributed by atoms with E-state index in [9.17, 15) is 4.79 Å². The molecule has 5 rings (SSSR count). The lowest BCUT2D eigenvalue weighted by Crippen LogP contribution is -2.19. The largest absolute Gasteiger partial charge is 0.289 e. The molecule has 146 valence electrons. The van der Waals surface area contributed by atoms with Crippen molar-refractivity contribution in [2.24, 2.45) is 5.92 Å². The highest BCUT2D eigenvalue weighted by Gasteiger charge is 2.26. The molecule has 0 aromatic heterocycles. The van der Waals surface area contributed by atoms with Crippen LogP contribution in [0.5, 0.6) is 0 Å². The summed E-state index contributed by atoms with van der Waals surface area (Å²) in [7, 11) is 0. The Morgan fingerprint density at radius 1 is 0.700 bits per heavy atom. The standard InChI is InChI=1S/C29H24O/c1-20-10-13-27(18-21-11-14-23-6-2-4-8-25(23)16-21)29(30)28(20)19-22-12-15-24-7-3-5-9-26(24)17-22/h2-9,11-12,14-20H,10,13H2,1H3/b27-18+,28-19+/t20-/m1/s1. The molecular weight excluding hydrogens is 364 g/mol. The Balaban J connectivity index is 1.50. The Labute approximate surface area is 177 Å². The summed E-state index contributed by atoms with van der Waals surface area (Å²) >= 11 is 0. The van der Waals surface area contributed by atoms with Gasteiger partial charge >= 0.3 is 0 Å². The molecule has 0 N–H and O–H groups in total. The molecule has 1 saturated carbocycles. The lowest BCUT2D eigenvalue weighted by Gasteiger charge is -2.23. The van der Waals surface area contributed by atoms with Crippen LogP contribution in [0.25, 0.3) is 33.7 Å². The third kappa shape index (κ3) is 3.59. The van der Waals surface area contributed by atoms with E-state index in [2.05, 4.69) is 104 Å². The van der Waals surface area contributed by atoms with Crippen LogP contribution < -0.4 is 0 Å². The molecule has 1 heteroatoms. The van der Waals surface area contributed by atoms with Gasteiger partial charge in [-0.25, -0.2) is 0 Å². The number of rotatable bonds is 2.